The van der Waals surface area contributed by atoms with Crippen LogP contribution in [-0.4, -0.2) is 93.6 Å². The molecule has 3 unspecified atom stereocenters. The maximum absolute atomic E-state index is 14.1. The summed E-state index contributed by atoms with van der Waals surface area (Å²) in [5.74, 6) is 0.529. The second-order valence-corrected chi connectivity index (χ2v) is 11.2. The molecule has 3 fully saturated rings. The molecule has 2 amide bonds. The monoisotopic (exact) mass is 609 g/mol. The number of terminal acetylenes is 1. The summed E-state index contributed by atoms with van der Waals surface area (Å²) in [7, 11) is 0. The van der Waals surface area contributed by atoms with E-state index in [-0.39, 0.29) is 44.2 Å². The van der Waals surface area contributed by atoms with E-state index in [4.69, 9.17) is 11.2 Å². The van der Waals surface area contributed by atoms with Gasteiger partial charge in [-0.3, -0.25) is 19.7 Å². The van der Waals surface area contributed by atoms with Crippen LogP contribution in [0.2, 0.25) is 0 Å². The molecule has 10 heteroatoms. The highest BCUT2D eigenvalue weighted by atomic mass is 16.6. The maximum Gasteiger partial charge on any atom is 0.305 e. The lowest BCUT2D eigenvalue weighted by molar-refractivity contribution is -0.211. The average molecular weight is 610 g/mol. The van der Waals surface area contributed by atoms with Crippen molar-refractivity contribution in [1.29, 1.82) is 0 Å². The first-order chi connectivity index (χ1) is 21.9. The summed E-state index contributed by atoms with van der Waals surface area (Å²) in [6, 6.07) is 18.6. The Morgan fingerprint density at radius 3 is 2.53 bits per heavy atom. The number of allylic oxidation sites excluding steroid dienone is 4. The third kappa shape index (κ3) is 7.24. The van der Waals surface area contributed by atoms with Crippen LogP contribution in [-0.2, 0) is 25.7 Å². The van der Waals surface area contributed by atoms with E-state index in [2.05, 4.69) is 17.8 Å². The van der Waals surface area contributed by atoms with Crippen LogP contribution >= 0.6 is 0 Å². The van der Waals surface area contributed by atoms with Crippen molar-refractivity contribution in [2.45, 2.75) is 50.5 Å². The third-order valence-corrected chi connectivity index (χ3v) is 8.36. The van der Waals surface area contributed by atoms with Gasteiger partial charge in [0.05, 0.1) is 26.1 Å². The zero-order valence-corrected chi connectivity index (χ0v) is 25.4. The number of carboxylic acid groups (broad SMARTS) is 1. The first-order valence-corrected chi connectivity index (χ1v) is 15.1. The molecule has 0 saturated carbocycles. The minimum Gasteiger partial charge on any atom is -0.481 e. The van der Waals surface area contributed by atoms with Gasteiger partial charge in [0.2, 0.25) is 11.8 Å². The number of aliphatic carboxylic acids is 1. The summed E-state index contributed by atoms with van der Waals surface area (Å²) in [5, 5.41) is 16.9. The zero-order chi connectivity index (χ0) is 31.9. The Hall–Kier alpha value is -4.53. The molecule has 234 valence electrons. The van der Waals surface area contributed by atoms with Gasteiger partial charge in [0.25, 0.3) is 0 Å². The number of epoxide rings is 1. The molecule has 2 aromatic rings. The molecule has 45 heavy (non-hydrogen) atoms. The number of nitrogens with zero attached hydrogens (tertiary/aromatic N) is 4. The Morgan fingerprint density at radius 1 is 1.18 bits per heavy atom. The number of fused-ring (bicyclic) bond motifs is 1. The molecular formula is C35H39N5O5. The predicted molar refractivity (Wildman–Crippen MR) is 170 cm³/mol. The van der Waals surface area contributed by atoms with Crippen LogP contribution in [0.15, 0.2) is 97.1 Å². The molecule has 0 bridgehead atoms. The number of hydrazine groups is 1. The number of rotatable bonds is 13. The molecule has 3 aliphatic rings. The van der Waals surface area contributed by atoms with Crippen LogP contribution < -0.4 is 5.32 Å². The first-order valence-electron chi connectivity index (χ1n) is 15.1. The summed E-state index contributed by atoms with van der Waals surface area (Å²) >= 11 is 0. The SMILES string of the molecule is C#CCN1CC(=O)N2[C@@H](CC(=O)O)C(=O)N(CC(C(/C=C\C=C)=C/C)c3ccccc3)C[C@@H]2N1C1OC1NCc1ccccc1. The quantitative estimate of drug-likeness (QED) is 0.203. The van der Waals surface area contributed by atoms with E-state index < -0.39 is 36.7 Å². The number of carbonyl (C=O) groups excluding carboxylic acids is 2. The standard InChI is InChI=1S/C35H39N5O5/c1-4-7-16-26(6-3)28(27-17-12-9-13-18-27)22-37-23-30-39(29(34(37)44)20-32(42)43)31(41)24-38(19-5-2)40(30)35-33(45-35)36-21-25-14-10-8-11-15-25/h2,4,6-18,28-30,33,35-36H,1,19-24H2,3H3,(H,42,43)/b16-7-,26-6+/t28?,29-,30-,33?,35?/m0/s1. The number of hydrogen-bond acceptors (Lipinski definition) is 7. The summed E-state index contributed by atoms with van der Waals surface area (Å²) in [6.07, 6.45) is 11.2. The van der Waals surface area contributed by atoms with E-state index >= 15 is 0 Å². The topological polar surface area (TPSA) is 109 Å². The van der Waals surface area contributed by atoms with Gasteiger partial charge in [-0.15, -0.1) is 6.42 Å². The number of piperazine rings is 1. The van der Waals surface area contributed by atoms with Crippen molar-refractivity contribution in [1.82, 2.24) is 25.1 Å². The predicted octanol–water partition coefficient (Wildman–Crippen LogP) is 2.94. The second-order valence-electron chi connectivity index (χ2n) is 11.2. The van der Waals surface area contributed by atoms with Crippen LogP contribution in [0, 0.1) is 12.3 Å². The molecule has 0 radical (unpaired) electrons. The van der Waals surface area contributed by atoms with Gasteiger partial charge in [-0.05, 0) is 23.6 Å². The zero-order valence-electron chi connectivity index (χ0n) is 25.4. The molecule has 2 N–H and O–H groups in total. The Bertz CT molecular complexity index is 1490. The molecule has 0 aliphatic carbocycles. The van der Waals surface area contributed by atoms with E-state index in [1.165, 1.54) is 4.90 Å². The molecule has 3 aliphatic heterocycles. The Morgan fingerprint density at radius 2 is 1.89 bits per heavy atom. The number of ether oxygens (including phenoxy) is 1. The van der Waals surface area contributed by atoms with Crippen molar-refractivity contribution < 1.29 is 24.2 Å². The molecule has 10 nitrogen and oxygen atoms in total. The van der Waals surface area contributed by atoms with Crippen LogP contribution in [0.5, 0.6) is 0 Å². The van der Waals surface area contributed by atoms with Crippen LogP contribution in [0.1, 0.15) is 30.4 Å². The Kier molecular flexibility index (Phi) is 10.3. The van der Waals surface area contributed by atoms with Crippen molar-refractivity contribution in [2.75, 3.05) is 26.2 Å². The van der Waals surface area contributed by atoms with Crippen molar-refractivity contribution in [3.05, 3.63) is 108 Å². The van der Waals surface area contributed by atoms with Gasteiger partial charge in [0.15, 0.2) is 12.5 Å². The number of benzene rings is 2. The van der Waals surface area contributed by atoms with E-state index in [9.17, 15) is 19.5 Å². The minimum atomic E-state index is -1.17. The van der Waals surface area contributed by atoms with Gasteiger partial charge in [0, 0.05) is 19.0 Å². The Balaban J connectivity index is 1.47. The molecule has 5 rings (SSSR count). The highest BCUT2D eigenvalue weighted by molar-refractivity contribution is 5.93. The lowest BCUT2D eigenvalue weighted by atomic mass is 9.89. The molecule has 0 aromatic heterocycles. The van der Waals surface area contributed by atoms with E-state index in [1.807, 2.05) is 90.8 Å². The fourth-order valence-corrected chi connectivity index (χ4v) is 6.23. The molecule has 3 heterocycles. The number of nitrogens with one attached hydrogen (secondary N) is 1. The number of hydrogen-bond donors (Lipinski definition) is 2. The van der Waals surface area contributed by atoms with Crippen molar-refractivity contribution >= 4 is 17.8 Å². The summed E-state index contributed by atoms with van der Waals surface area (Å²) < 4.78 is 6.09. The van der Waals surface area contributed by atoms with E-state index in [0.717, 1.165) is 16.7 Å². The summed E-state index contributed by atoms with van der Waals surface area (Å²) in [6.45, 7) is 6.81. The largest absolute Gasteiger partial charge is 0.481 e. The highest BCUT2D eigenvalue weighted by Crippen LogP contribution is 2.37. The van der Waals surface area contributed by atoms with Gasteiger partial charge in [-0.25, -0.2) is 5.01 Å². The molecule has 5 atom stereocenters. The molecule has 2 aromatic carbocycles. The lowest BCUT2D eigenvalue weighted by Crippen LogP contribution is -2.75. The fraction of sp³-hybridized carbons (Fsp3) is 0.343. The number of amides is 2. The minimum absolute atomic E-state index is 0.0862. The van der Waals surface area contributed by atoms with E-state index in [1.54, 1.807) is 16.0 Å². The third-order valence-electron chi connectivity index (χ3n) is 8.36. The van der Waals surface area contributed by atoms with Gasteiger partial charge in [-0.1, -0.05) is 97.5 Å². The van der Waals surface area contributed by atoms with Crippen LogP contribution in [0.25, 0.3) is 0 Å². The van der Waals surface area contributed by atoms with Gasteiger partial charge in [-0.2, -0.15) is 5.01 Å². The summed E-state index contributed by atoms with van der Waals surface area (Å²) in [5.41, 5.74) is 3.08. The number of carboxylic acids is 1. The first kappa shape index (κ1) is 31.9. The Labute approximate surface area is 264 Å². The van der Waals surface area contributed by atoms with Gasteiger partial charge >= 0.3 is 5.97 Å². The average Bonchev–Trinajstić information content (AvgIpc) is 3.81. The molecule has 0 spiro atoms. The fourth-order valence-electron chi connectivity index (χ4n) is 6.23. The van der Waals surface area contributed by atoms with Crippen LogP contribution in [0.3, 0.4) is 0 Å². The summed E-state index contributed by atoms with van der Waals surface area (Å²) in [4.78, 5) is 42.9. The highest BCUT2D eigenvalue weighted by Gasteiger charge is 2.57. The normalized spacial score (nSPS) is 24.8. The molecule has 3 saturated heterocycles. The van der Waals surface area contributed by atoms with Gasteiger partial charge < -0.3 is 19.6 Å². The number of carbonyl (C=O) groups is 3. The van der Waals surface area contributed by atoms with Crippen LogP contribution in [0.4, 0.5) is 0 Å². The second kappa shape index (κ2) is 14.5. The van der Waals surface area contributed by atoms with Gasteiger partial charge in [0.1, 0.15) is 12.2 Å². The van der Waals surface area contributed by atoms with E-state index in [0.29, 0.717) is 6.54 Å². The smallest absolute Gasteiger partial charge is 0.305 e. The lowest BCUT2D eigenvalue weighted by Gasteiger charge is -2.55. The maximum atomic E-state index is 14.1. The molecular weight excluding hydrogens is 570 g/mol. The van der Waals surface area contributed by atoms with Crippen molar-refractivity contribution in [3.63, 3.8) is 0 Å². The van der Waals surface area contributed by atoms with Crippen molar-refractivity contribution in [3.8, 4) is 12.3 Å². The van der Waals surface area contributed by atoms with Crippen molar-refractivity contribution in [2.24, 2.45) is 0 Å².